The van der Waals surface area contributed by atoms with Gasteiger partial charge in [-0.05, 0) is 36.6 Å². The number of rotatable bonds is 4. The molecule has 0 atom stereocenters. The second-order valence-corrected chi connectivity index (χ2v) is 4.10. The number of H-pyrrole nitrogens is 1. The maximum Gasteiger partial charge on any atom is 0.0490 e. The van der Waals surface area contributed by atoms with Crippen molar-refractivity contribution in [3.63, 3.8) is 0 Å². The van der Waals surface area contributed by atoms with E-state index in [1.54, 1.807) is 6.20 Å². The van der Waals surface area contributed by atoms with Crippen LogP contribution < -0.4 is 5.32 Å². The van der Waals surface area contributed by atoms with Gasteiger partial charge in [-0.2, -0.15) is 5.10 Å². The number of benzene rings is 1. The first kappa shape index (κ1) is 10.9. The molecule has 1 aromatic carbocycles. The second kappa shape index (κ2) is 4.94. The van der Waals surface area contributed by atoms with Crippen molar-refractivity contribution in [2.75, 3.05) is 0 Å². The Kier molecular flexibility index (Phi) is 3.37. The molecule has 0 radical (unpaired) electrons. The second-order valence-electron chi connectivity index (χ2n) is 4.10. The van der Waals surface area contributed by atoms with Crippen molar-refractivity contribution in [1.29, 1.82) is 0 Å². The van der Waals surface area contributed by atoms with Crippen molar-refractivity contribution in [3.8, 4) is 0 Å². The minimum absolute atomic E-state index is 0.826. The Balaban J connectivity index is 1.87. The molecule has 16 heavy (non-hydrogen) atoms. The Labute approximate surface area is 95.9 Å². The summed E-state index contributed by atoms with van der Waals surface area (Å²) in [6, 6.07) is 8.55. The van der Waals surface area contributed by atoms with E-state index >= 15 is 0 Å². The van der Waals surface area contributed by atoms with Crippen LogP contribution >= 0.6 is 0 Å². The third kappa shape index (κ3) is 2.70. The first-order valence-corrected chi connectivity index (χ1v) is 5.51. The molecule has 0 saturated carbocycles. The van der Waals surface area contributed by atoms with Crippen molar-refractivity contribution in [1.82, 2.24) is 15.5 Å². The fourth-order valence-corrected chi connectivity index (χ4v) is 1.64. The fraction of sp³-hybridized carbons (Fsp3) is 0.308. The van der Waals surface area contributed by atoms with Crippen molar-refractivity contribution < 1.29 is 0 Å². The van der Waals surface area contributed by atoms with Gasteiger partial charge in [-0.15, -0.1) is 0 Å². The fourth-order valence-electron chi connectivity index (χ4n) is 1.64. The van der Waals surface area contributed by atoms with Gasteiger partial charge in [0.2, 0.25) is 0 Å². The van der Waals surface area contributed by atoms with Gasteiger partial charge >= 0.3 is 0 Å². The largest absolute Gasteiger partial charge is 0.307 e. The number of hydrogen-bond acceptors (Lipinski definition) is 2. The molecule has 0 aliphatic heterocycles. The first-order chi connectivity index (χ1) is 7.75. The average molecular weight is 215 g/mol. The highest BCUT2D eigenvalue weighted by atomic mass is 15.1. The lowest BCUT2D eigenvalue weighted by atomic mass is 10.1. The predicted molar refractivity (Wildman–Crippen MR) is 65.0 cm³/mol. The van der Waals surface area contributed by atoms with Gasteiger partial charge in [-0.1, -0.05) is 18.2 Å². The third-order valence-electron chi connectivity index (χ3n) is 2.77. The van der Waals surface area contributed by atoms with E-state index in [0.29, 0.717) is 0 Å². The van der Waals surface area contributed by atoms with Crippen LogP contribution in [0.3, 0.4) is 0 Å². The molecule has 2 aromatic rings. The molecule has 3 heteroatoms. The molecular formula is C13H17N3. The number of hydrogen-bond donors (Lipinski definition) is 2. The Morgan fingerprint density at radius 3 is 2.69 bits per heavy atom. The zero-order chi connectivity index (χ0) is 11.4. The van der Waals surface area contributed by atoms with E-state index in [1.807, 2.05) is 6.07 Å². The molecule has 0 aliphatic carbocycles. The van der Waals surface area contributed by atoms with Crippen LogP contribution in [-0.2, 0) is 13.1 Å². The van der Waals surface area contributed by atoms with Crippen LogP contribution in [0.15, 0.2) is 30.5 Å². The topological polar surface area (TPSA) is 40.7 Å². The molecule has 0 fully saturated rings. The maximum absolute atomic E-state index is 3.91. The van der Waals surface area contributed by atoms with Crippen molar-refractivity contribution >= 4 is 0 Å². The van der Waals surface area contributed by atoms with Crippen molar-refractivity contribution in [2.45, 2.75) is 26.9 Å². The van der Waals surface area contributed by atoms with Crippen LogP contribution in [0.4, 0.5) is 0 Å². The highest BCUT2D eigenvalue weighted by Crippen LogP contribution is 2.09. The van der Waals surface area contributed by atoms with Gasteiger partial charge in [0, 0.05) is 25.0 Å². The summed E-state index contributed by atoms with van der Waals surface area (Å²) in [4.78, 5) is 0. The molecule has 1 aromatic heterocycles. The van der Waals surface area contributed by atoms with Crippen LogP contribution in [0.5, 0.6) is 0 Å². The van der Waals surface area contributed by atoms with E-state index < -0.39 is 0 Å². The average Bonchev–Trinajstić information content (AvgIpc) is 2.76. The van der Waals surface area contributed by atoms with E-state index in [-0.39, 0.29) is 0 Å². The van der Waals surface area contributed by atoms with Crippen LogP contribution in [0.2, 0.25) is 0 Å². The van der Waals surface area contributed by atoms with Crippen molar-refractivity contribution in [3.05, 3.63) is 52.8 Å². The molecule has 0 amide bonds. The molecule has 0 saturated heterocycles. The molecule has 0 spiro atoms. The van der Waals surface area contributed by atoms with Crippen LogP contribution in [0.1, 0.15) is 22.4 Å². The third-order valence-corrected chi connectivity index (χ3v) is 2.77. The predicted octanol–water partition coefficient (Wildman–Crippen LogP) is 2.32. The highest BCUT2D eigenvalue weighted by Gasteiger charge is 1.97. The molecular weight excluding hydrogens is 198 g/mol. The molecule has 1 heterocycles. The molecule has 0 aliphatic rings. The summed E-state index contributed by atoms with van der Waals surface area (Å²) in [7, 11) is 0. The minimum atomic E-state index is 0.826. The van der Waals surface area contributed by atoms with E-state index in [0.717, 1.165) is 18.8 Å². The lowest BCUT2D eigenvalue weighted by molar-refractivity contribution is 0.677. The summed E-state index contributed by atoms with van der Waals surface area (Å²) in [6.07, 6.45) is 1.77. The number of aromatic nitrogens is 2. The summed E-state index contributed by atoms with van der Waals surface area (Å²) in [5, 5.41) is 10.2. The Morgan fingerprint density at radius 2 is 2.00 bits per heavy atom. The SMILES string of the molecule is Cc1ccc(CNCc2ccn[nH]2)cc1C. The maximum atomic E-state index is 3.91. The van der Waals surface area contributed by atoms with Crippen LogP contribution in [0.25, 0.3) is 0 Å². The number of aryl methyl sites for hydroxylation is 2. The normalized spacial score (nSPS) is 10.6. The lowest BCUT2D eigenvalue weighted by Gasteiger charge is -2.06. The van der Waals surface area contributed by atoms with Gasteiger partial charge < -0.3 is 5.32 Å². The molecule has 3 nitrogen and oxygen atoms in total. The summed E-state index contributed by atoms with van der Waals surface area (Å²) in [5.41, 5.74) is 5.13. The summed E-state index contributed by atoms with van der Waals surface area (Å²) < 4.78 is 0. The Hall–Kier alpha value is -1.61. The quantitative estimate of drug-likeness (QED) is 0.821. The lowest BCUT2D eigenvalue weighted by Crippen LogP contribution is -2.13. The molecule has 2 rings (SSSR count). The minimum Gasteiger partial charge on any atom is -0.307 e. The van der Waals surface area contributed by atoms with E-state index in [4.69, 9.17) is 0 Å². The smallest absolute Gasteiger partial charge is 0.0490 e. The molecule has 0 bridgehead atoms. The summed E-state index contributed by atoms with van der Waals surface area (Å²) >= 11 is 0. The zero-order valence-corrected chi connectivity index (χ0v) is 9.75. The van der Waals surface area contributed by atoms with Gasteiger partial charge in [-0.3, -0.25) is 5.10 Å². The van der Waals surface area contributed by atoms with Crippen molar-refractivity contribution in [2.24, 2.45) is 0 Å². The number of nitrogens with zero attached hydrogens (tertiary/aromatic N) is 1. The van der Waals surface area contributed by atoms with Gasteiger partial charge in [0.25, 0.3) is 0 Å². The van der Waals surface area contributed by atoms with Gasteiger partial charge in [0.15, 0.2) is 0 Å². The molecule has 84 valence electrons. The standard InChI is InChI=1S/C13H17N3/c1-10-3-4-12(7-11(10)2)8-14-9-13-5-6-15-16-13/h3-7,14H,8-9H2,1-2H3,(H,15,16). The molecule has 2 N–H and O–H groups in total. The van der Waals surface area contributed by atoms with E-state index in [9.17, 15) is 0 Å². The van der Waals surface area contributed by atoms with Gasteiger partial charge in [0.1, 0.15) is 0 Å². The highest BCUT2D eigenvalue weighted by molar-refractivity contribution is 5.29. The molecule has 0 unspecified atom stereocenters. The number of aromatic amines is 1. The van der Waals surface area contributed by atoms with Gasteiger partial charge in [0.05, 0.1) is 0 Å². The Bertz CT molecular complexity index is 446. The van der Waals surface area contributed by atoms with Crippen LogP contribution in [-0.4, -0.2) is 10.2 Å². The first-order valence-electron chi connectivity index (χ1n) is 5.51. The summed E-state index contributed by atoms with van der Waals surface area (Å²) in [6.45, 7) is 6.00. The zero-order valence-electron chi connectivity index (χ0n) is 9.75. The van der Waals surface area contributed by atoms with Crippen LogP contribution in [0, 0.1) is 13.8 Å². The number of nitrogens with one attached hydrogen (secondary N) is 2. The monoisotopic (exact) mass is 215 g/mol. The Morgan fingerprint density at radius 1 is 1.12 bits per heavy atom. The van der Waals surface area contributed by atoms with Gasteiger partial charge in [-0.25, -0.2) is 0 Å². The summed E-state index contributed by atoms with van der Waals surface area (Å²) in [5.74, 6) is 0. The van der Waals surface area contributed by atoms with E-state index in [1.165, 1.54) is 16.7 Å². The van der Waals surface area contributed by atoms with E-state index in [2.05, 4.69) is 47.6 Å².